The first-order valence-corrected chi connectivity index (χ1v) is 9.11. The number of hydrogen-bond donors (Lipinski definition) is 1. The number of hydrogen-bond acceptors (Lipinski definition) is 5. The van der Waals surface area contributed by atoms with Gasteiger partial charge in [0.05, 0.1) is 12.1 Å². The van der Waals surface area contributed by atoms with E-state index in [9.17, 15) is 4.79 Å². The Morgan fingerprint density at radius 2 is 1.80 bits per heavy atom. The van der Waals surface area contributed by atoms with Crippen molar-refractivity contribution in [3.05, 3.63) is 75.6 Å². The molecule has 25 heavy (non-hydrogen) atoms. The first-order valence-electron chi connectivity index (χ1n) is 7.79. The Morgan fingerprint density at radius 3 is 2.48 bits per heavy atom. The maximum absolute atomic E-state index is 12.0. The fourth-order valence-corrected chi connectivity index (χ4v) is 2.86. The molecule has 0 aliphatic rings. The Kier molecular flexibility index (Phi) is 6.04. The second-order valence-corrected chi connectivity index (χ2v) is 6.66. The molecule has 3 aromatic rings. The summed E-state index contributed by atoms with van der Waals surface area (Å²) in [7, 11) is 0. The monoisotopic (exact) mass is 372 g/mol. The van der Waals surface area contributed by atoms with Crippen molar-refractivity contribution in [3.8, 4) is 5.75 Å². The van der Waals surface area contributed by atoms with Crippen LogP contribution < -0.4 is 10.1 Å². The zero-order valence-electron chi connectivity index (χ0n) is 13.4. The summed E-state index contributed by atoms with van der Waals surface area (Å²) < 4.78 is 5.74. The number of benzene rings is 2. The molecule has 0 saturated heterocycles. The van der Waals surface area contributed by atoms with Crippen LogP contribution in [0.4, 0.5) is 5.82 Å². The number of aromatic nitrogens is 1. The van der Waals surface area contributed by atoms with Gasteiger partial charge in [0, 0.05) is 16.8 Å². The van der Waals surface area contributed by atoms with E-state index < -0.39 is 0 Å². The zero-order valence-corrected chi connectivity index (χ0v) is 15.0. The van der Waals surface area contributed by atoms with Gasteiger partial charge in [-0.1, -0.05) is 35.9 Å². The molecule has 0 fully saturated rings. The fraction of sp³-hybridized carbons (Fsp3) is 0.158. The third kappa shape index (κ3) is 5.59. The number of nitrogens with zero attached hydrogens (tertiary/aromatic N) is 1. The van der Waals surface area contributed by atoms with E-state index in [4.69, 9.17) is 16.3 Å². The van der Waals surface area contributed by atoms with Crippen LogP contribution in [0.25, 0.3) is 0 Å². The first kappa shape index (κ1) is 17.5. The van der Waals surface area contributed by atoms with Crippen LogP contribution in [0.1, 0.15) is 11.1 Å². The molecule has 6 heteroatoms. The molecule has 0 spiro atoms. The average Bonchev–Trinajstić information content (AvgIpc) is 3.14. The van der Waals surface area contributed by atoms with Crippen molar-refractivity contribution in [1.29, 1.82) is 0 Å². The average molecular weight is 373 g/mol. The summed E-state index contributed by atoms with van der Waals surface area (Å²) in [6.45, 7) is 0.756. The number of ether oxygens (including phenoxy) is 1. The summed E-state index contributed by atoms with van der Waals surface area (Å²) in [6.07, 6.45) is 0.384. The van der Waals surface area contributed by atoms with Crippen molar-refractivity contribution in [3.63, 3.8) is 0 Å². The molecule has 0 atom stereocenters. The minimum atomic E-state index is 0.114. The van der Waals surface area contributed by atoms with E-state index in [1.807, 2.05) is 53.9 Å². The van der Waals surface area contributed by atoms with Gasteiger partial charge in [0.2, 0.25) is 0 Å². The molecule has 0 aliphatic heterocycles. The molecule has 0 bridgehead atoms. The van der Waals surface area contributed by atoms with Crippen molar-refractivity contribution < 1.29 is 9.53 Å². The molecule has 3 rings (SSSR count). The molecular formula is C19H17ClN2O2S. The maximum atomic E-state index is 12.0. The van der Waals surface area contributed by atoms with E-state index in [1.165, 1.54) is 11.3 Å². The lowest BCUT2D eigenvalue weighted by Gasteiger charge is -2.08. The minimum Gasteiger partial charge on any atom is -0.489 e. The normalized spacial score (nSPS) is 10.4. The van der Waals surface area contributed by atoms with Gasteiger partial charge < -0.3 is 10.1 Å². The van der Waals surface area contributed by atoms with Crippen LogP contribution in [-0.2, 0) is 17.8 Å². The Morgan fingerprint density at radius 1 is 1.08 bits per heavy atom. The molecule has 1 aromatic heterocycles. The fourth-order valence-electron chi connectivity index (χ4n) is 2.23. The highest BCUT2D eigenvalue weighted by Crippen LogP contribution is 2.16. The van der Waals surface area contributed by atoms with Crippen LogP contribution in [0.2, 0.25) is 5.02 Å². The second kappa shape index (κ2) is 8.65. The predicted molar refractivity (Wildman–Crippen MR) is 102 cm³/mol. The highest BCUT2D eigenvalue weighted by molar-refractivity contribution is 7.07. The van der Waals surface area contributed by atoms with E-state index >= 15 is 0 Å². The number of nitrogens with one attached hydrogen (secondary N) is 1. The Balaban J connectivity index is 1.46. The van der Waals surface area contributed by atoms with Crippen LogP contribution in [0, 0.1) is 0 Å². The van der Waals surface area contributed by atoms with Gasteiger partial charge >= 0.3 is 0 Å². The molecule has 0 amide bonds. The summed E-state index contributed by atoms with van der Waals surface area (Å²) in [4.78, 5) is 16.1. The lowest BCUT2D eigenvalue weighted by Crippen LogP contribution is -2.16. The topological polar surface area (TPSA) is 51.2 Å². The van der Waals surface area contributed by atoms with Crippen molar-refractivity contribution in [2.45, 2.75) is 13.0 Å². The summed E-state index contributed by atoms with van der Waals surface area (Å²) in [5.41, 5.74) is 3.75. The van der Waals surface area contributed by atoms with E-state index in [-0.39, 0.29) is 12.3 Å². The maximum Gasteiger partial charge on any atom is 0.156 e. The van der Waals surface area contributed by atoms with Crippen molar-refractivity contribution in [2.75, 3.05) is 11.9 Å². The molecule has 0 saturated carbocycles. The van der Waals surface area contributed by atoms with Gasteiger partial charge in [0.25, 0.3) is 0 Å². The van der Waals surface area contributed by atoms with Crippen LogP contribution in [0.15, 0.2) is 59.4 Å². The van der Waals surface area contributed by atoms with Crippen LogP contribution in [0.5, 0.6) is 5.75 Å². The summed E-state index contributed by atoms with van der Waals surface area (Å²) >= 11 is 7.36. The van der Waals surface area contributed by atoms with E-state index in [0.29, 0.717) is 18.1 Å². The molecule has 4 nitrogen and oxygen atoms in total. The highest BCUT2D eigenvalue weighted by atomic mass is 35.5. The van der Waals surface area contributed by atoms with Gasteiger partial charge in [-0.25, -0.2) is 4.98 Å². The molecule has 0 aliphatic carbocycles. The number of anilines is 1. The number of carbonyl (C=O) groups excluding carboxylic acids is 1. The number of thiazole rings is 1. The molecular weight excluding hydrogens is 356 g/mol. The van der Waals surface area contributed by atoms with E-state index in [0.717, 1.165) is 22.7 Å². The lowest BCUT2D eigenvalue weighted by atomic mass is 10.1. The molecule has 128 valence electrons. The lowest BCUT2D eigenvalue weighted by molar-refractivity contribution is -0.116. The summed E-state index contributed by atoms with van der Waals surface area (Å²) in [5, 5.41) is 5.60. The molecule has 2 aromatic carbocycles. The zero-order chi connectivity index (χ0) is 17.5. The molecule has 1 N–H and O–H groups in total. The summed E-state index contributed by atoms with van der Waals surface area (Å²) in [5.74, 6) is 1.62. The van der Waals surface area contributed by atoms with Crippen molar-refractivity contribution >= 4 is 34.5 Å². The van der Waals surface area contributed by atoms with Crippen LogP contribution in [-0.4, -0.2) is 17.3 Å². The third-order valence-electron chi connectivity index (χ3n) is 3.54. The summed E-state index contributed by atoms with van der Waals surface area (Å²) in [6, 6.07) is 15.1. The SMILES string of the molecule is O=C(CNc1cscn1)Cc1ccc(OCc2ccc(Cl)cc2)cc1. The standard InChI is InChI=1S/C19H17ClN2O2S/c20-16-5-1-15(2-6-16)11-24-18-7-3-14(4-8-18)9-17(23)10-21-19-12-25-13-22-19/h1-8,12-13,21H,9-11H2. The number of carbonyl (C=O) groups is 1. The smallest absolute Gasteiger partial charge is 0.156 e. The number of Topliss-reactive ketones (excluding diaryl/α,β-unsaturated/α-hetero) is 1. The quantitative estimate of drug-likeness (QED) is 0.627. The Labute approximate surface area is 155 Å². The van der Waals surface area contributed by atoms with Gasteiger partial charge in [-0.05, 0) is 35.4 Å². The van der Waals surface area contributed by atoms with Crippen molar-refractivity contribution in [2.24, 2.45) is 0 Å². The van der Waals surface area contributed by atoms with Crippen LogP contribution in [0.3, 0.4) is 0 Å². The molecule has 0 unspecified atom stereocenters. The Bertz CT molecular complexity index is 802. The molecule has 1 heterocycles. The third-order valence-corrected chi connectivity index (χ3v) is 4.38. The van der Waals surface area contributed by atoms with E-state index in [2.05, 4.69) is 10.3 Å². The van der Waals surface area contributed by atoms with Gasteiger partial charge in [-0.2, -0.15) is 0 Å². The van der Waals surface area contributed by atoms with Gasteiger partial charge in [-0.3, -0.25) is 4.79 Å². The molecule has 0 radical (unpaired) electrons. The number of ketones is 1. The Hall–Kier alpha value is -2.37. The first-order chi connectivity index (χ1) is 12.2. The predicted octanol–water partition coefficient (Wildman–Crippen LogP) is 4.60. The van der Waals surface area contributed by atoms with Crippen LogP contribution >= 0.6 is 22.9 Å². The van der Waals surface area contributed by atoms with Crippen molar-refractivity contribution in [1.82, 2.24) is 4.98 Å². The highest BCUT2D eigenvalue weighted by Gasteiger charge is 2.05. The second-order valence-electron chi connectivity index (χ2n) is 5.50. The number of halogens is 1. The van der Waals surface area contributed by atoms with Gasteiger partial charge in [0.1, 0.15) is 18.2 Å². The largest absolute Gasteiger partial charge is 0.489 e. The minimum absolute atomic E-state index is 0.114. The van der Waals surface area contributed by atoms with Gasteiger partial charge in [0.15, 0.2) is 5.78 Å². The van der Waals surface area contributed by atoms with Gasteiger partial charge in [-0.15, -0.1) is 11.3 Å². The van der Waals surface area contributed by atoms with E-state index in [1.54, 1.807) is 5.51 Å². The number of rotatable bonds is 8.